The van der Waals surface area contributed by atoms with E-state index in [2.05, 4.69) is 25.1 Å². The third-order valence-corrected chi connectivity index (χ3v) is 4.78. The highest BCUT2D eigenvalue weighted by Crippen LogP contribution is 2.44. The van der Waals surface area contributed by atoms with Crippen LogP contribution in [0.2, 0.25) is 0 Å². The van der Waals surface area contributed by atoms with Crippen LogP contribution in [-0.4, -0.2) is 12.6 Å². The van der Waals surface area contributed by atoms with Gasteiger partial charge in [-0.2, -0.15) is 0 Å². The molecule has 18 heavy (non-hydrogen) atoms. The van der Waals surface area contributed by atoms with Gasteiger partial charge in [-0.3, -0.25) is 0 Å². The molecule has 1 aromatic carbocycles. The van der Waals surface area contributed by atoms with Crippen molar-refractivity contribution in [2.75, 3.05) is 6.54 Å². The Morgan fingerprint density at radius 2 is 2.11 bits per heavy atom. The van der Waals surface area contributed by atoms with Crippen LogP contribution in [0.15, 0.2) is 18.2 Å². The van der Waals surface area contributed by atoms with Gasteiger partial charge < -0.3 is 10.5 Å². The summed E-state index contributed by atoms with van der Waals surface area (Å²) in [6.45, 7) is 2.93. The molecule has 1 atom stereocenters. The van der Waals surface area contributed by atoms with E-state index in [4.69, 9.17) is 10.5 Å². The van der Waals surface area contributed by atoms with E-state index < -0.39 is 0 Å². The molecule has 0 radical (unpaired) electrons. The van der Waals surface area contributed by atoms with E-state index in [1.54, 1.807) is 0 Å². The lowest BCUT2D eigenvalue weighted by Gasteiger charge is -2.34. The molecule has 2 heteroatoms. The normalized spacial score (nSPS) is 25.6. The Labute approximate surface area is 110 Å². The van der Waals surface area contributed by atoms with Crippen LogP contribution in [0.1, 0.15) is 50.2 Å². The Bertz CT molecular complexity index is 435. The van der Waals surface area contributed by atoms with E-state index in [-0.39, 0.29) is 5.41 Å². The quantitative estimate of drug-likeness (QED) is 0.868. The lowest BCUT2D eigenvalue weighted by atomic mass is 9.75. The molecule has 0 saturated heterocycles. The predicted molar refractivity (Wildman–Crippen MR) is 74.1 cm³/mol. The van der Waals surface area contributed by atoms with Crippen LogP contribution in [-0.2, 0) is 11.8 Å². The average molecular weight is 245 g/mol. The summed E-state index contributed by atoms with van der Waals surface area (Å²) in [4.78, 5) is 0. The van der Waals surface area contributed by atoms with Crippen LogP contribution in [0.25, 0.3) is 0 Å². The Hall–Kier alpha value is -1.02. The van der Waals surface area contributed by atoms with Gasteiger partial charge in [0.2, 0.25) is 0 Å². The van der Waals surface area contributed by atoms with Gasteiger partial charge in [-0.15, -0.1) is 0 Å². The lowest BCUT2D eigenvalue weighted by molar-refractivity contribution is 0.191. The van der Waals surface area contributed by atoms with Crippen molar-refractivity contribution in [2.24, 2.45) is 5.73 Å². The third-order valence-electron chi connectivity index (χ3n) is 4.78. The molecule has 1 unspecified atom stereocenters. The highest BCUT2D eigenvalue weighted by Gasteiger charge is 2.37. The summed E-state index contributed by atoms with van der Waals surface area (Å²) < 4.78 is 5.98. The minimum atomic E-state index is 0.231. The van der Waals surface area contributed by atoms with Crippen LogP contribution < -0.4 is 10.5 Å². The number of fused-ring (bicyclic) bond motifs is 1. The second-order valence-electron chi connectivity index (χ2n) is 5.94. The number of nitrogens with two attached hydrogens (primary N) is 1. The summed E-state index contributed by atoms with van der Waals surface area (Å²) >= 11 is 0. The predicted octanol–water partition coefficient (Wildman–Crippen LogP) is 3.17. The number of hydrogen-bond acceptors (Lipinski definition) is 2. The zero-order valence-corrected chi connectivity index (χ0v) is 11.2. The molecule has 1 heterocycles. The molecule has 2 aliphatic rings. The highest BCUT2D eigenvalue weighted by molar-refractivity contribution is 5.46. The van der Waals surface area contributed by atoms with E-state index in [0.717, 1.165) is 25.1 Å². The highest BCUT2D eigenvalue weighted by atomic mass is 16.5. The molecule has 1 fully saturated rings. The summed E-state index contributed by atoms with van der Waals surface area (Å²) in [5, 5.41) is 0. The molecule has 0 amide bonds. The molecular weight excluding hydrogens is 222 g/mol. The molecule has 2 nitrogen and oxygen atoms in total. The minimum Gasteiger partial charge on any atom is -0.490 e. The van der Waals surface area contributed by atoms with Gasteiger partial charge in [0, 0.05) is 12.0 Å². The van der Waals surface area contributed by atoms with Gasteiger partial charge in [-0.05, 0) is 49.8 Å². The first-order valence-corrected chi connectivity index (χ1v) is 7.24. The van der Waals surface area contributed by atoms with Gasteiger partial charge in [0.05, 0.1) is 6.10 Å². The first-order chi connectivity index (χ1) is 8.75. The first kappa shape index (κ1) is 12.0. The summed E-state index contributed by atoms with van der Waals surface area (Å²) in [5.41, 5.74) is 9.26. The molecule has 3 rings (SSSR count). The molecule has 0 spiro atoms. The standard InChI is InChI=1S/C16H23NO/c1-12-7-8-13-14(5-4-6-15(13)18-12)16(11-17)9-2-3-10-16/h4-6,12H,2-3,7-11,17H2,1H3. The maximum Gasteiger partial charge on any atom is 0.123 e. The van der Waals surface area contributed by atoms with Gasteiger partial charge >= 0.3 is 0 Å². The van der Waals surface area contributed by atoms with Crippen molar-refractivity contribution in [1.29, 1.82) is 0 Å². The van der Waals surface area contributed by atoms with Crippen LogP contribution in [0, 0.1) is 0 Å². The maximum atomic E-state index is 6.12. The maximum absolute atomic E-state index is 6.12. The summed E-state index contributed by atoms with van der Waals surface area (Å²) in [7, 11) is 0. The largest absolute Gasteiger partial charge is 0.490 e. The molecule has 2 N–H and O–H groups in total. The monoisotopic (exact) mass is 245 g/mol. The third kappa shape index (κ3) is 1.83. The zero-order chi connectivity index (χ0) is 12.6. The van der Waals surface area contributed by atoms with E-state index in [0.29, 0.717) is 6.10 Å². The minimum absolute atomic E-state index is 0.231. The second-order valence-corrected chi connectivity index (χ2v) is 5.94. The smallest absolute Gasteiger partial charge is 0.123 e. The van der Waals surface area contributed by atoms with Crippen molar-refractivity contribution in [1.82, 2.24) is 0 Å². The van der Waals surface area contributed by atoms with E-state index >= 15 is 0 Å². The zero-order valence-electron chi connectivity index (χ0n) is 11.2. The summed E-state index contributed by atoms with van der Waals surface area (Å²) in [6, 6.07) is 6.55. The van der Waals surface area contributed by atoms with Crippen molar-refractivity contribution in [3.8, 4) is 5.75 Å². The fourth-order valence-corrected chi connectivity index (χ4v) is 3.69. The molecule has 1 saturated carbocycles. The lowest BCUT2D eigenvalue weighted by Crippen LogP contribution is -2.34. The van der Waals surface area contributed by atoms with Gasteiger partial charge in [-0.1, -0.05) is 25.0 Å². The van der Waals surface area contributed by atoms with Crippen LogP contribution in [0.5, 0.6) is 5.75 Å². The van der Waals surface area contributed by atoms with E-state index in [9.17, 15) is 0 Å². The van der Waals surface area contributed by atoms with Crippen LogP contribution in [0.3, 0.4) is 0 Å². The second kappa shape index (κ2) is 4.58. The Morgan fingerprint density at radius 3 is 2.83 bits per heavy atom. The Balaban J connectivity index is 2.04. The number of hydrogen-bond donors (Lipinski definition) is 1. The van der Waals surface area contributed by atoms with Gasteiger partial charge in [0.1, 0.15) is 5.75 Å². The molecular formula is C16H23NO. The topological polar surface area (TPSA) is 35.2 Å². The fourth-order valence-electron chi connectivity index (χ4n) is 3.69. The SMILES string of the molecule is CC1CCc2c(cccc2C2(CN)CCCC2)O1. The van der Waals surface area contributed by atoms with E-state index in [1.807, 2.05) is 0 Å². The van der Waals surface area contributed by atoms with Crippen molar-refractivity contribution in [3.63, 3.8) is 0 Å². The van der Waals surface area contributed by atoms with Gasteiger partial charge in [0.25, 0.3) is 0 Å². The van der Waals surface area contributed by atoms with Crippen LogP contribution >= 0.6 is 0 Å². The average Bonchev–Trinajstić information content (AvgIpc) is 2.87. The summed E-state index contributed by atoms with van der Waals surface area (Å²) in [5.74, 6) is 1.10. The van der Waals surface area contributed by atoms with Crippen molar-refractivity contribution in [3.05, 3.63) is 29.3 Å². The molecule has 98 valence electrons. The van der Waals surface area contributed by atoms with E-state index in [1.165, 1.54) is 36.8 Å². The van der Waals surface area contributed by atoms with Crippen molar-refractivity contribution < 1.29 is 4.74 Å². The Kier molecular flexibility index (Phi) is 3.06. The molecule has 1 aliphatic heterocycles. The van der Waals surface area contributed by atoms with Gasteiger partial charge in [0.15, 0.2) is 0 Å². The van der Waals surface area contributed by atoms with Crippen molar-refractivity contribution in [2.45, 2.75) is 57.0 Å². The fraction of sp³-hybridized carbons (Fsp3) is 0.625. The van der Waals surface area contributed by atoms with Crippen LogP contribution in [0.4, 0.5) is 0 Å². The number of rotatable bonds is 2. The molecule has 1 aromatic rings. The first-order valence-electron chi connectivity index (χ1n) is 7.24. The number of benzene rings is 1. The Morgan fingerprint density at radius 1 is 1.33 bits per heavy atom. The summed E-state index contributed by atoms with van der Waals surface area (Å²) in [6.07, 6.45) is 7.76. The van der Waals surface area contributed by atoms with Crippen molar-refractivity contribution >= 4 is 0 Å². The molecule has 0 aromatic heterocycles. The molecule has 0 bridgehead atoms. The molecule has 1 aliphatic carbocycles. The number of ether oxygens (including phenoxy) is 1. The van der Waals surface area contributed by atoms with Gasteiger partial charge in [-0.25, -0.2) is 0 Å².